The molecular weight excluding hydrogens is 292 g/mol. The molecule has 112 valence electrons. The van der Waals surface area contributed by atoms with Crippen LogP contribution in [-0.2, 0) is 10.5 Å². The van der Waals surface area contributed by atoms with E-state index >= 15 is 0 Å². The molecule has 5 heteroatoms. The maximum atomic E-state index is 11.3. The van der Waals surface area contributed by atoms with Crippen LogP contribution in [0.2, 0.25) is 0 Å². The van der Waals surface area contributed by atoms with Crippen LogP contribution in [0.25, 0.3) is 0 Å². The van der Waals surface area contributed by atoms with Gasteiger partial charge in [-0.25, -0.2) is 0 Å². The summed E-state index contributed by atoms with van der Waals surface area (Å²) in [5.74, 6) is 0.883. The molecule has 0 spiro atoms. The van der Waals surface area contributed by atoms with E-state index in [1.807, 2.05) is 30.0 Å². The van der Waals surface area contributed by atoms with Crippen molar-refractivity contribution in [2.75, 3.05) is 11.9 Å². The molecule has 3 nitrogen and oxygen atoms in total. The monoisotopic (exact) mass is 314 g/mol. The number of hydrogen-bond donors (Lipinski definition) is 2. The Balaban J connectivity index is 0.00000200. The van der Waals surface area contributed by atoms with Crippen molar-refractivity contribution in [3.05, 3.63) is 29.8 Å². The molecule has 0 heterocycles. The topological polar surface area (TPSA) is 55.1 Å². The molecule has 0 atom stereocenters. The number of amides is 1. The number of thioether (sulfide) groups is 1. The predicted octanol–water partition coefficient (Wildman–Crippen LogP) is 3.57. The Bertz CT molecular complexity index is 422. The quantitative estimate of drug-likeness (QED) is 0.873. The highest BCUT2D eigenvalue weighted by molar-refractivity contribution is 7.99. The summed E-state index contributed by atoms with van der Waals surface area (Å²) in [5.41, 5.74) is 7.41. The van der Waals surface area contributed by atoms with Crippen LogP contribution in [0.4, 0.5) is 5.69 Å². The van der Waals surface area contributed by atoms with E-state index in [1.165, 1.54) is 37.7 Å². The second-order valence-electron chi connectivity index (χ2n) is 5.02. The summed E-state index contributed by atoms with van der Waals surface area (Å²) in [7, 11) is 0. The lowest BCUT2D eigenvalue weighted by Gasteiger charge is -2.21. The van der Waals surface area contributed by atoms with E-state index in [-0.39, 0.29) is 24.9 Å². The van der Waals surface area contributed by atoms with E-state index in [2.05, 4.69) is 11.4 Å². The number of hydrogen-bond acceptors (Lipinski definition) is 3. The smallest absolute Gasteiger partial charge is 0.238 e. The van der Waals surface area contributed by atoms with Gasteiger partial charge < -0.3 is 11.1 Å². The number of rotatable bonds is 5. The first-order valence-electron chi connectivity index (χ1n) is 6.98. The largest absolute Gasteiger partial charge is 0.325 e. The average molecular weight is 315 g/mol. The van der Waals surface area contributed by atoms with Crippen molar-refractivity contribution >= 4 is 35.8 Å². The first kappa shape index (κ1) is 17.3. The number of nitrogens with two attached hydrogens (primary N) is 1. The molecule has 1 aromatic carbocycles. The van der Waals surface area contributed by atoms with E-state index < -0.39 is 0 Å². The number of benzene rings is 1. The molecule has 0 aliphatic heterocycles. The van der Waals surface area contributed by atoms with Crippen molar-refractivity contribution in [2.45, 2.75) is 43.1 Å². The third kappa shape index (κ3) is 5.73. The Hall–Kier alpha value is -0.710. The molecule has 0 bridgehead atoms. The number of halogens is 1. The van der Waals surface area contributed by atoms with Crippen LogP contribution >= 0.6 is 24.2 Å². The van der Waals surface area contributed by atoms with Crippen molar-refractivity contribution in [3.63, 3.8) is 0 Å². The molecular formula is C15H23ClN2OS. The van der Waals surface area contributed by atoms with Gasteiger partial charge in [0.15, 0.2) is 0 Å². The summed E-state index contributed by atoms with van der Waals surface area (Å²) < 4.78 is 0. The lowest BCUT2D eigenvalue weighted by molar-refractivity contribution is -0.114. The van der Waals surface area contributed by atoms with Gasteiger partial charge in [-0.05, 0) is 30.5 Å². The van der Waals surface area contributed by atoms with Gasteiger partial charge in [0.05, 0.1) is 6.54 Å². The van der Waals surface area contributed by atoms with Gasteiger partial charge >= 0.3 is 0 Å². The van der Waals surface area contributed by atoms with E-state index in [0.29, 0.717) is 0 Å². The lowest BCUT2D eigenvalue weighted by atomic mass is 10.0. The molecule has 1 aromatic rings. The van der Waals surface area contributed by atoms with Crippen molar-refractivity contribution in [2.24, 2.45) is 5.73 Å². The average Bonchev–Trinajstić information content (AvgIpc) is 2.46. The first-order valence-corrected chi connectivity index (χ1v) is 8.03. The van der Waals surface area contributed by atoms with Crippen molar-refractivity contribution < 1.29 is 4.79 Å². The molecule has 3 N–H and O–H groups in total. The number of carbonyl (C=O) groups excluding carboxylic acids is 1. The fourth-order valence-electron chi connectivity index (χ4n) is 2.40. The molecule has 0 radical (unpaired) electrons. The van der Waals surface area contributed by atoms with Crippen LogP contribution in [0.1, 0.15) is 37.7 Å². The van der Waals surface area contributed by atoms with E-state index in [9.17, 15) is 4.79 Å². The lowest BCUT2D eigenvalue weighted by Crippen LogP contribution is -2.21. The predicted molar refractivity (Wildman–Crippen MR) is 89.5 cm³/mol. The molecule has 20 heavy (non-hydrogen) atoms. The van der Waals surface area contributed by atoms with E-state index in [0.717, 1.165) is 16.7 Å². The van der Waals surface area contributed by atoms with Crippen LogP contribution in [0.3, 0.4) is 0 Å². The summed E-state index contributed by atoms with van der Waals surface area (Å²) in [6, 6.07) is 8.06. The summed E-state index contributed by atoms with van der Waals surface area (Å²) in [6.45, 7) is 0.0288. The van der Waals surface area contributed by atoms with Gasteiger partial charge in [-0.3, -0.25) is 4.79 Å². The second-order valence-corrected chi connectivity index (χ2v) is 6.31. The number of carbonyl (C=O) groups is 1. The molecule has 2 rings (SSSR count). The Labute approximate surface area is 131 Å². The van der Waals surface area contributed by atoms with E-state index in [1.54, 1.807) is 0 Å². The Morgan fingerprint density at radius 3 is 2.75 bits per heavy atom. The van der Waals surface area contributed by atoms with Gasteiger partial charge in [-0.2, -0.15) is 11.8 Å². The fraction of sp³-hybridized carbons (Fsp3) is 0.533. The maximum absolute atomic E-state index is 11.3. The third-order valence-electron chi connectivity index (χ3n) is 3.43. The number of anilines is 1. The van der Waals surface area contributed by atoms with Gasteiger partial charge in [-0.15, -0.1) is 12.4 Å². The zero-order valence-corrected chi connectivity index (χ0v) is 13.3. The highest BCUT2D eigenvalue weighted by Gasteiger charge is 2.13. The Morgan fingerprint density at radius 2 is 2.05 bits per heavy atom. The standard InChI is InChI=1S/C15H22N2OS.ClH/c16-10-15(18)17-13-6-4-5-12(9-13)11-19-14-7-2-1-3-8-14;/h4-6,9,14H,1-3,7-8,10-11,16H2,(H,17,18);1H. The van der Waals surface area contributed by atoms with Crippen LogP contribution in [0.15, 0.2) is 24.3 Å². The molecule has 1 saturated carbocycles. The molecule has 1 amide bonds. The molecule has 1 aliphatic rings. The minimum atomic E-state index is -0.142. The Morgan fingerprint density at radius 1 is 1.30 bits per heavy atom. The SMILES string of the molecule is Cl.NCC(=O)Nc1cccc(CSC2CCCCC2)c1. The van der Waals surface area contributed by atoms with Crippen molar-refractivity contribution in [3.8, 4) is 0 Å². The highest BCUT2D eigenvalue weighted by Crippen LogP contribution is 2.30. The normalized spacial score (nSPS) is 15.4. The highest BCUT2D eigenvalue weighted by atomic mass is 35.5. The van der Waals surface area contributed by atoms with Crippen LogP contribution in [-0.4, -0.2) is 17.7 Å². The fourth-order valence-corrected chi connectivity index (χ4v) is 3.67. The van der Waals surface area contributed by atoms with E-state index in [4.69, 9.17) is 5.73 Å². The summed E-state index contributed by atoms with van der Waals surface area (Å²) in [4.78, 5) is 11.3. The summed E-state index contributed by atoms with van der Waals surface area (Å²) in [6.07, 6.45) is 6.87. The minimum absolute atomic E-state index is 0. The van der Waals surface area contributed by atoms with Gasteiger partial charge in [0.2, 0.25) is 5.91 Å². The van der Waals surface area contributed by atoms with Crippen molar-refractivity contribution in [1.29, 1.82) is 0 Å². The van der Waals surface area contributed by atoms with Crippen LogP contribution in [0.5, 0.6) is 0 Å². The van der Waals surface area contributed by atoms with Gasteiger partial charge in [0.25, 0.3) is 0 Å². The summed E-state index contributed by atoms with van der Waals surface area (Å²) >= 11 is 2.05. The molecule has 0 saturated heterocycles. The molecule has 1 fully saturated rings. The van der Waals surface area contributed by atoms with Crippen LogP contribution < -0.4 is 11.1 Å². The molecule has 1 aliphatic carbocycles. The maximum Gasteiger partial charge on any atom is 0.238 e. The third-order valence-corrected chi connectivity index (χ3v) is 4.88. The molecule has 0 unspecified atom stereocenters. The zero-order chi connectivity index (χ0) is 13.5. The minimum Gasteiger partial charge on any atom is -0.325 e. The first-order chi connectivity index (χ1) is 9.28. The van der Waals surface area contributed by atoms with Gasteiger partial charge in [-0.1, -0.05) is 31.4 Å². The Kier molecular flexibility index (Phi) is 8.04. The summed E-state index contributed by atoms with van der Waals surface area (Å²) in [5, 5.41) is 3.61. The second kappa shape index (κ2) is 9.27. The number of nitrogens with one attached hydrogen (secondary N) is 1. The van der Waals surface area contributed by atoms with Crippen molar-refractivity contribution in [1.82, 2.24) is 0 Å². The zero-order valence-electron chi connectivity index (χ0n) is 11.6. The molecule has 0 aromatic heterocycles. The van der Waals surface area contributed by atoms with Gasteiger partial charge in [0.1, 0.15) is 0 Å². The van der Waals surface area contributed by atoms with Gasteiger partial charge in [0, 0.05) is 16.7 Å². The van der Waals surface area contributed by atoms with Crippen LogP contribution in [0, 0.1) is 0 Å².